The van der Waals surface area contributed by atoms with Crippen molar-refractivity contribution in [3.05, 3.63) is 59.7 Å². The van der Waals surface area contributed by atoms with E-state index in [4.69, 9.17) is 4.74 Å². The number of anilines is 1. The van der Waals surface area contributed by atoms with Crippen LogP contribution in [0.15, 0.2) is 48.5 Å². The van der Waals surface area contributed by atoms with E-state index in [2.05, 4.69) is 10.6 Å². The van der Waals surface area contributed by atoms with E-state index in [-0.39, 0.29) is 18.7 Å². The molecule has 0 aliphatic rings. The van der Waals surface area contributed by atoms with Gasteiger partial charge < -0.3 is 20.5 Å². The quantitative estimate of drug-likeness (QED) is 0.758. The van der Waals surface area contributed by atoms with E-state index in [0.29, 0.717) is 11.3 Å². The van der Waals surface area contributed by atoms with Crippen molar-refractivity contribution in [1.29, 1.82) is 0 Å². The third-order valence-electron chi connectivity index (χ3n) is 3.46. The lowest BCUT2D eigenvalue weighted by Crippen LogP contribution is -2.32. The number of urea groups is 1. The maximum absolute atomic E-state index is 12.0. The predicted octanol–water partition coefficient (Wildman–Crippen LogP) is 3.64. The summed E-state index contributed by atoms with van der Waals surface area (Å²) in [5.41, 5.74) is 2.42. The summed E-state index contributed by atoms with van der Waals surface area (Å²) in [5, 5.41) is 15.7. The molecular weight excluding hydrogens is 304 g/mol. The smallest absolute Gasteiger partial charge is 0.319 e. The second kappa shape index (κ2) is 8.36. The van der Waals surface area contributed by atoms with Crippen molar-refractivity contribution in [3.8, 4) is 5.75 Å². The Bertz CT molecular complexity index is 686. The van der Waals surface area contributed by atoms with Gasteiger partial charge in [-0.1, -0.05) is 30.3 Å². The number of aliphatic hydroxyl groups excluding tert-OH is 1. The minimum atomic E-state index is -0.802. The molecule has 128 valence electrons. The van der Waals surface area contributed by atoms with Crippen LogP contribution >= 0.6 is 0 Å². The van der Waals surface area contributed by atoms with Crippen molar-refractivity contribution < 1.29 is 14.6 Å². The van der Waals surface area contributed by atoms with E-state index >= 15 is 0 Å². The molecule has 5 nitrogen and oxygen atoms in total. The number of rotatable bonds is 6. The first kappa shape index (κ1) is 17.8. The molecule has 3 N–H and O–H groups in total. The first-order valence-corrected chi connectivity index (χ1v) is 8.01. The first-order chi connectivity index (χ1) is 11.5. The monoisotopic (exact) mass is 328 g/mol. The van der Waals surface area contributed by atoms with Gasteiger partial charge in [-0.2, -0.15) is 0 Å². The fourth-order valence-corrected chi connectivity index (χ4v) is 2.25. The third-order valence-corrected chi connectivity index (χ3v) is 3.46. The van der Waals surface area contributed by atoms with E-state index in [1.807, 2.05) is 57.2 Å². The Morgan fingerprint density at radius 3 is 2.62 bits per heavy atom. The lowest BCUT2D eigenvalue weighted by molar-refractivity contribution is 0.174. The molecule has 0 radical (unpaired) electrons. The fourth-order valence-electron chi connectivity index (χ4n) is 2.25. The van der Waals surface area contributed by atoms with Crippen molar-refractivity contribution >= 4 is 11.7 Å². The van der Waals surface area contributed by atoms with Gasteiger partial charge in [-0.15, -0.1) is 0 Å². The minimum absolute atomic E-state index is 0.0652. The Morgan fingerprint density at radius 1 is 1.17 bits per heavy atom. The highest BCUT2D eigenvalue weighted by molar-refractivity contribution is 5.90. The van der Waals surface area contributed by atoms with Gasteiger partial charge in [-0.3, -0.25) is 0 Å². The van der Waals surface area contributed by atoms with Crippen molar-refractivity contribution in [1.82, 2.24) is 5.32 Å². The van der Waals surface area contributed by atoms with E-state index in [9.17, 15) is 9.90 Å². The van der Waals surface area contributed by atoms with Crippen molar-refractivity contribution in [2.75, 3.05) is 11.9 Å². The van der Waals surface area contributed by atoms with Gasteiger partial charge in [0.05, 0.1) is 12.2 Å². The van der Waals surface area contributed by atoms with E-state index < -0.39 is 6.10 Å². The summed E-state index contributed by atoms with van der Waals surface area (Å²) in [7, 11) is 0. The molecule has 0 aromatic heterocycles. The van der Waals surface area contributed by atoms with Crippen LogP contribution in [-0.2, 0) is 0 Å². The molecule has 0 fully saturated rings. The molecule has 0 spiro atoms. The van der Waals surface area contributed by atoms with Gasteiger partial charge in [-0.25, -0.2) is 4.79 Å². The molecule has 2 amide bonds. The molecular formula is C19H24N2O3. The van der Waals surface area contributed by atoms with Gasteiger partial charge in [0, 0.05) is 12.2 Å². The van der Waals surface area contributed by atoms with Gasteiger partial charge in [0.15, 0.2) is 0 Å². The van der Waals surface area contributed by atoms with Crippen LogP contribution in [0.5, 0.6) is 5.75 Å². The van der Waals surface area contributed by atoms with Crippen LogP contribution in [0.2, 0.25) is 0 Å². The molecule has 0 saturated heterocycles. The summed E-state index contributed by atoms with van der Waals surface area (Å²) in [6.45, 7) is 5.93. The molecule has 0 aliphatic carbocycles. The zero-order valence-electron chi connectivity index (χ0n) is 14.2. The Morgan fingerprint density at radius 2 is 1.92 bits per heavy atom. The lowest BCUT2D eigenvalue weighted by atomic mass is 10.1. The first-order valence-electron chi connectivity index (χ1n) is 8.01. The van der Waals surface area contributed by atoms with E-state index in [0.717, 1.165) is 11.3 Å². The topological polar surface area (TPSA) is 70.6 Å². The average Bonchev–Trinajstić information content (AvgIpc) is 2.54. The maximum Gasteiger partial charge on any atom is 0.319 e. The number of aliphatic hydroxyl groups is 1. The van der Waals surface area contributed by atoms with Crippen LogP contribution in [0.25, 0.3) is 0 Å². The molecule has 0 bridgehead atoms. The zero-order chi connectivity index (χ0) is 17.5. The third kappa shape index (κ3) is 5.28. The molecule has 0 aliphatic heterocycles. The number of nitrogens with one attached hydrogen (secondary N) is 2. The minimum Gasteiger partial charge on any atom is -0.491 e. The van der Waals surface area contributed by atoms with Crippen LogP contribution < -0.4 is 15.4 Å². The fraction of sp³-hybridized carbons (Fsp3) is 0.316. The van der Waals surface area contributed by atoms with Gasteiger partial charge in [-0.05, 0) is 50.1 Å². The number of para-hydroxylation sites is 1. The van der Waals surface area contributed by atoms with Crippen molar-refractivity contribution in [2.45, 2.75) is 33.0 Å². The highest BCUT2D eigenvalue weighted by Crippen LogP contribution is 2.20. The molecule has 0 heterocycles. The summed E-state index contributed by atoms with van der Waals surface area (Å²) >= 11 is 0. The summed E-state index contributed by atoms with van der Waals surface area (Å²) in [6, 6.07) is 14.4. The number of hydrogen-bond donors (Lipinski definition) is 3. The molecule has 2 rings (SSSR count). The van der Waals surface area contributed by atoms with Gasteiger partial charge >= 0.3 is 6.03 Å². The summed E-state index contributed by atoms with van der Waals surface area (Å²) in [5.74, 6) is 0.700. The van der Waals surface area contributed by atoms with Crippen LogP contribution in [0, 0.1) is 6.92 Å². The van der Waals surface area contributed by atoms with Crippen LogP contribution in [0.3, 0.4) is 0 Å². The largest absolute Gasteiger partial charge is 0.491 e. The van der Waals surface area contributed by atoms with E-state index in [1.165, 1.54) is 0 Å². The lowest BCUT2D eigenvalue weighted by Gasteiger charge is -2.15. The average molecular weight is 328 g/mol. The number of hydrogen-bond acceptors (Lipinski definition) is 3. The standard InChI is InChI=1S/C19H24N2O3/c1-13(2)24-16-9-6-8-15(11-16)18(22)12-20-19(23)21-17-10-5-4-7-14(17)3/h4-11,13,18,22H,12H2,1-3H3,(H2,20,21,23). The number of aryl methyl sites for hydroxylation is 1. The number of carbonyl (C=O) groups is 1. The summed E-state index contributed by atoms with van der Waals surface area (Å²) < 4.78 is 5.61. The summed E-state index contributed by atoms with van der Waals surface area (Å²) in [6.07, 6.45) is -0.737. The van der Waals surface area contributed by atoms with Crippen molar-refractivity contribution in [2.24, 2.45) is 0 Å². The Hall–Kier alpha value is -2.53. The van der Waals surface area contributed by atoms with Gasteiger partial charge in [0.1, 0.15) is 5.75 Å². The number of carbonyl (C=O) groups excluding carboxylic acids is 1. The van der Waals surface area contributed by atoms with Gasteiger partial charge in [0.25, 0.3) is 0 Å². The van der Waals surface area contributed by atoms with E-state index in [1.54, 1.807) is 12.1 Å². The Balaban J connectivity index is 1.89. The number of amides is 2. The van der Waals surface area contributed by atoms with Crippen LogP contribution in [0.4, 0.5) is 10.5 Å². The predicted molar refractivity (Wildman–Crippen MR) is 95.4 cm³/mol. The van der Waals surface area contributed by atoms with Crippen molar-refractivity contribution in [3.63, 3.8) is 0 Å². The molecule has 1 unspecified atom stereocenters. The molecule has 1 atom stereocenters. The molecule has 24 heavy (non-hydrogen) atoms. The summed E-state index contributed by atoms with van der Waals surface area (Å²) in [4.78, 5) is 12.0. The Kier molecular flexibility index (Phi) is 6.21. The maximum atomic E-state index is 12.0. The number of benzene rings is 2. The molecule has 5 heteroatoms. The number of ether oxygens (including phenoxy) is 1. The highest BCUT2D eigenvalue weighted by atomic mass is 16.5. The van der Waals surface area contributed by atoms with Crippen LogP contribution in [-0.4, -0.2) is 23.8 Å². The zero-order valence-corrected chi connectivity index (χ0v) is 14.2. The second-order valence-corrected chi connectivity index (χ2v) is 5.90. The molecule has 2 aromatic carbocycles. The molecule has 0 saturated carbocycles. The molecule has 2 aromatic rings. The Labute approximate surface area is 142 Å². The van der Waals surface area contributed by atoms with Gasteiger partial charge in [0.2, 0.25) is 0 Å². The normalized spacial score (nSPS) is 11.9. The van der Waals surface area contributed by atoms with Crippen LogP contribution in [0.1, 0.15) is 31.1 Å². The second-order valence-electron chi connectivity index (χ2n) is 5.90. The SMILES string of the molecule is Cc1ccccc1NC(=O)NCC(O)c1cccc(OC(C)C)c1. The highest BCUT2D eigenvalue weighted by Gasteiger charge is 2.11.